The predicted octanol–water partition coefficient (Wildman–Crippen LogP) is 3.22. The monoisotopic (exact) mass is 406 g/mol. The van der Waals surface area contributed by atoms with E-state index in [2.05, 4.69) is 10.3 Å². The van der Waals surface area contributed by atoms with E-state index in [1.165, 1.54) is 11.8 Å². The van der Waals surface area contributed by atoms with Crippen molar-refractivity contribution in [2.75, 3.05) is 25.6 Å². The highest BCUT2D eigenvalue weighted by Crippen LogP contribution is 2.37. The van der Waals surface area contributed by atoms with Crippen LogP contribution in [0, 0.1) is 0 Å². The second-order valence-electron chi connectivity index (χ2n) is 5.79. The molecule has 0 radical (unpaired) electrons. The molecule has 2 rings (SSSR count). The van der Waals surface area contributed by atoms with E-state index in [9.17, 15) is 9.59 Å². The molecule has 0 spiro atoms. The summed E-state index contributed by atoms with van der Waals surface area (Å²) < 4.78 is 15.9. The van der Waals surface area contributed by atoms with E-state index < -0.39 is 12.0 Å². The van der Waals surface area contributed by atoms with Gasteiger partial charge in [0.05, 0.1) is 31.1 Å². The van der Waals surface area contributed by atoms with Crippen LogP contribution in [0.2, 0.25) is 0 Å². The first-order chi connectivity index (χ1) is 13.5. The third-order valence-corrected chi connectivity index (χ3v) is 4.72. The Bertz CT molecular complexity index is 776. The Morgan fingerprint density at radius 2 is 1.82 bits per heavy atom. The number of amidine groups is 1. The van der Waals surface area contributed by atoms with E-state index >= 15 is 0 Å². The Labute approximate surface area is 169 Å². The molecule has 7 nitrogen and oxygen atoms in total. The molecule has 152 valence electrons. The summed E-state index contributed by atoms with van der Waals surface area (Å²) in [6.07, 6.45) is 0. The normalized spacial score (nSPS) is 16.1. The van der Waals surface area contributed by atoms with Gasteiger partial charge in [-0.1, -0.05) is 30.0 Å². The van der Waals surface area contributed by atoms with Crippen LogP contribution in [0.3, 0.4) is 0 Å². The average molecular weight is 407 g/mol. The van der Waals surface area contributed by atoms with Gasteiger partial charge in [0.1, 0.15) is 11.8 Å². The van der Waals surface area contributed by atoms with Crippen LogP contribution in [-0.4, -0.2) is 42.7 Å². The summed E-state index contributed by atoms with van der Waals surface area (Å²) in [6, 6.07) is 6.88. The number of hydrogen-bond acceptors (Lipinski definition) is 8. The Morgan fingerprint density at radius 3 is 2.50 bits per heavy atom. The van der Waals surface area contributed by atoms with Crippen molar-refractivity contribution in [3.8, 4) is 5.75 Å². The first-order valence-electron chi connectivity index (χ1n) is 9.24. The van der Waals surface area contributed by atoms with Gasteiger partial charge in [0.25, 0.3) is 0 Å². The molecule has 1 aliphatic heterocycles. The maximum absolute atomic E-state index is 12.6. The van der Waals surface area contributed by atoms with E-state index in [1.54, 1.807) is 20.8 Å². The molecule has 0 fully saturated rings. The summed E-state index contributed by atoms with van der Waals surface area (Å²) in [5, 5.41) is 3.63. The Balaban J connectivity index is 2.39. The number of hydrogen-bond donors (Lipinski definition) is 1. The van der Waals surface area contributed by atoms with Gasteiger partial charge in [-0.2, -0.15) is 0 Å². The molecule has 0 saturated carbocycles. The number of nitrogens with zero attached hydrogens (tertiary/aromatic N) is 1. The molecule has 0 aliphatic carbocycles. The number of allylic oxidation sites excluding steroid dienone is 1. The van der Waals surface area contributed by atoms with Crippen molar-refractivity contribution < 1.29 is 23.8 Å². The topological polar surface area (TPSA) is 86.2 Å². The lowest BCUT2D eigenvalue weighted by Gasteiger charge is -2.26. The van der Waals surface area contributed by atoms with Crippen molar-refractivity contribution in [3.05, 3.63) is 41.1 Å². The lowest BCUT2D eigenvalue weighted by molar-refractivity contribution is -0.140. The van der Waals surface area contributed by atoms with Crippen molar-refractivity contribution in [1.29, 1.82) is 0 Å². The van der Waals surface area contributed by atoms with Gasteiger partial charge in [0.2, 0.25) is 0 Å². The minimum Gasteiger partial charge on any atom is -0.494 e. The van der Waals surface area contributed by atoms with Gasteiger partial charge in [-0.25, -0.2) is 9.79 Å². The van der Waals surface area contributed by atoms with E-state index in [1.807, 2.05) is 31.2 Å². The fourth-order valence-electron chi connectivity index (χ4n) is 2.74. The van der Waals surface area contributed by atoms with E-state index in [0.29, 0.717) is 35.4 Å². The van der Waals surface area contributed by atoms with E-state index in [4.69, 9.17) is 14.2 Å². The third kappa shape index (κ3) is 5.51. The van der Waals surface area contributed by atoms with Gasteiger partial charge < -0.3 is 19.5 Å². The van der Waals surface area contributed by atoms with Crippen molar-refractivity contribution in [1.82, 2.24) is 5.32 Å². The first kappa shape index (κ1) is 21.8. The number of carbonyl (C=O) groups excluding carboxylic acids is 2. The summed E-state index contributed by atoms with van der Waals surface area (Å²) in [5.74, 6) is 0.0368. The zero-order valence-corrected chi connectivity index (χ0v) is 17.4. The van der Waals surface area contributed by atoms with Crippen molar-refractivity contribution in [3.63, 3.8) is 0 Å². The Kier molecular flexibility index (Phi) is 8.38. The largest absolute Gasteiger partial charge is 0.494 e. The zero-order chi connectivity index (χ0) is 20.5. The van der Waals surface area contributed by atoms with Gasteiger partial charge in [0, 0.05) is 11.3 Å². The van der Waals surface area contributed by atoms with Gasteiger partial charge in [-0.05, 0) is 33.8 Å². The van der Waals surface area contributed by atoms with Crippen LogP contribution in [0.15, 0.2) is 40.5 Å². The molecule has 8 heteroatoms. The second kappa shape index (κ2) is 10.8. The van der Waals surface area contributed by atoms with Gasteiger partial charge in [-0.3, -0.25) is 4.79 Å². The second-order valence-corrected chi connectivity index (χ2v) is 6.75. The number of carbonyl (C=O) groups is 2. The van der Waals surface area contributed by atoms with Crippen LogP contribution in [0.5, 0.6) is 5.75 Å². The zero-order valence-electron chi connectivity index (χ0n) is 16.6. The molecule has 0 saturated heterocycles. The van der Waals surface area contributed by atoms with Crippen molar-refractivity contribution in [2.45, 2.75) is 33.7 Å². The van der Waals surface area contributed by atoms with Crippen LogP contribution in [0.4, 0.5) is 0 Å². The number of benzene rings is 1. The van der Waals surface area contributed by atoms with E-state index in [0.717, 1.165) is 5.56 Å². The number of aliphatic imine (C=N–C) groups is 1. The number of rotatable bonds is 8. The summed E-state index contributed by atoms with van der Waals surface area (Å²) in [7, 11) is 0. The summed E-state index contributed by atoms with van der Waals surface area (Å²) in [6.45, 7) is 8.31. The lowest BCUT2D eigenvalue weighted by atomic mass is 9.96. The fraction of sp³-hybridized carbons (Fsp3) is 0.450. The molecule has 1 aliphatic rings. The molecular weight excluding hydrogens is 380 g/mol. The van der Waals surface area contributed by atoms with Crippen LogP contribution in [0.1, 0.15) is 39.3 Å². The van der Waals surface area contributed by atoms with E-state index in [-0.39, 0.29) is 18.3 Å². The molecule has 1 heterocycles. The number of para-hydroxylation sites is 1. The molecule has 1 atom stereocenters. The van der Waals surface area contributed by atoms with Gasteiger partial charge in [-0.15, -0.1) is 0 Å². The van der Waals surface area contributed by atoms with Gasteiger partial charge in [0.15, 0.2) is 5.17 Å². The number of nitrogens with one attached hydrogen (secondary N) is 1. The van der Waals surface area contributed by atoms with Crippen LogP contribution in [0.25, 0.3) is 0 Å². The maximum Gasteiger partial charge on any atom is 0.338 e. The van der Waals surface area contributed by atoms with Crippen LogP contribution in [-0.2, 0) is 19.1 Å². The van der Waals surface area contributed by atoms with Crippen LogP contribution < -0.4 is 10.1 Å². The quantitative estimate of drug-likeness (QED) is 0.663. The third-order valence-electron chi connectivity index (χ3n) is 3.86. The van der Waals surface area contributed by atoms with Crippen molar-refractivity contribution >= 4 is 28.9 Å². The maximum atomic E-state index is 12.6. The minimum absolute atomic E-state index is 0.127. The lowest BCUT2D eigenvalue weighted by Crippen LogP contribution is -2.31. The fourth-order valence-corrected chi connectivity index (χ4v) is 3.49. The number of ether oxygens (including phenoxy) is 3. The molecule has 1 aromatic carbocycles. The molecule has 0 amide bonds. The summed E-state index contributed by atoms with van der Waals surface area (Å²) in [5.41, 5.74) is 1.83. The highest BCUT2D eigenvalue weighted by molar-refractivity contribution is 8.14. The molecule has 0 aromatic heterocycles. The molecule has 0 bridgehead atoms. The molecule has 28 heavy (non-hydrogen) atoms. The molecule has 1 N–H and O–H groups in total. The average Bonchev–Trinajstić information content (AvgIpc) is 2.67. The van der Waals surface area contributed by atoms with Crippen LogP contribution >= 0.6 is 11.8 Å². The highest BCUT2D eigenvalue weighted by atomic mass is 32.2. The molecule has 1 aromatic rings. The van der Waals surface area contributed by atoms with Gasteiger partial charge >= 0.3 is 11.9 Å². The Morgan fingerprint density at radius 1 is 1.11 bits per heavy atom. The SMILES string of the molecule is CCOC(=O)CSC1=N[C@@H](c2ccccc2OCC)C(C(=O)OCC)=C(C)N1. The van der Waals surface area contributed by atoms with Crippen molar-refractivity contribution in [2.24, 2.45) is 4.99 Å². The number of thioether (sulfide) groups is 1. The smallest absolute Gasteiger partial charge is 0.338 e. The first-order valence-corrected chi connectivity index (χ1v) is 10.2. The summed E-state index contributed by atoms with van der Waals surface area (Å²) in [4.78, 5) is 29.0. The summed E-state index contributed by atoms with van der Waals surface area (Å²) >= 11 is 1.23. The predicted molar refractivity (Wildman–Crippen MR) is 109 cm³/mol. The number of esters is 2. The minimum atomic E-state index is -0.590. The molecule has 0 unspecified atom stereocenters. The highest BCUT2D eigenvalue weighted by Gasteiger charge is 2.32. The Hall–Kier alpha value is -2.48. The standard InChI is InChI=1S/C20H26N2O5S/c1-5-25-15-11-9-8-10-14(15)18-17(19(24)27-7-3)13(4)21-20(22-18)28-12-16(23)26-6-2/h8-11,18H,5-7,12H2,1-4H3,(H,21,22)/t18-/m0/s1. The molecular formula is C20H26N2O5S.